The molecule has 144 valence electrons. The Hall–Kier alpha value is -3.23. The number of thiazole rings is 2. The molecule has 0 fully saturated rings. The zero-order valence-electron chi connectivity index (χ0n) is 15.4. The molecule has 3 heterocycles. The predicted molar refractivity (Wildman–Crippen MR) is 118 cm³/mol. The van der Waals surface area contributed by atoms with Crippen molar-refractivity contribution in [2.75, 3.05) is 11.9 Å². The van der Waals surface area contributed by atoms with Gasteiger partial charge in [-0.25, -0.2) is 9.97 Å². The molecule has 1 amide bonds. The molecule has 5 aromatic rings. The molecule has 0 bridgehead atoms. The van der Waals surface area contributed by atoms with E-state index in [4.69, 9.17) is 4.74 Å². The molecule has 0 atom stereocenters. The predicted octanol–water partition coefficient (Wildman–Crippen LogP) is 5.55. The van der Waals surface area contributed by atoms with Crippen LogP contribution < -0.4 is 10.1 Å². The molecule has 0 unspecified atom stereocenters. The van der Waals surface area contributed by atoms with Crippen molar-refractivity contribution in [1.29, 1.82) is 0 Å². The molecule has 8 heteroatoms. The summed E-state index contributed by atoms with van der Waals surface area (Å²) in [5.41, 5.74) is 3.15. The van der Waals surface area contributed by atoms with Crippen molar-refractivity contribution in [2.24, 2.45) is 0 Å². The fourth-order valence-electron chi connectivity index (χ4n) is 3.07. The summed E-state index contributed by atoms with van der Waals surface area (Å²) in [4.78, 5) is 25.0. The lowest BCUT2D eigenvalue weighted by Crippen LogP contribution is -2.11. The highest BCUT2D eigenvalue weighted by atomic mass is 32.1. The summed E-state index contributed by atoms with van der Waals surface area (Å²) in [6, 6.07) is 15.8. The first-order valence-electron chi connectivity index (χ1n) is 9.08. The summed E-state index contributed by atoms with van der Waals surface area (Å²) in [6.45, 7) is 2.55. The molecule has 0 radical (unpaired) electrons. The van der Waals surface area contributed by atoms with Crippen LogP contribution in [0.3, 0.4) is 0 Å². The second kappa shape index (κ2) is 7.31. The number of benzene rings is 2. The smallest absolute Gasteiger partial charge is 0.276 e. The van der Waals surface area contributed by atoms with Gasteiger partial charge in [0.05, 0.1) is 22.5 Å². The molecular formula is C21H16N4O2S2. The highest BCUT2D eigenvalue weighted by Gasteiger charge is 2.15. The van der Waals surface area contributed by atoms with E-state index in [1.165, 1.54) is 22.7 Å². The average molecular weight is 421 g/mol. The van der Waals surface area contributed by atoms with Crippen LogP contribution in [-0.4, -0.2) is 27.5 Å². The van der Waals surface area contributed by atoms with E-state index in [1.807, 2.05) is 55.5 Å². The number of para-hydroxylation sites is 1. The topological polar surface area (TPSA) is 79.9 Å². The van der Waals surface area contributed by atoms with Crippen molar-refractivity contribution in [3.63, 3.8) is 0 Å². The largest absolute Gasteiger partial charge is 0.494 e. The van der Waals surface area contributed by atoms with Crippen molar-refractivity contribution < 1.29 is 9.53 Å². The van der Waals surface area contributed by atoms with Crippen molar-refractivity contribution >= 4 is 54.8 Å². The average Bonchev–Trinajstić information content (AvgIpc) is 3.44. The number of nitrogens with zero attached hydrogens (tertiary/aromatic N) is 2. The number of anilines is 1. The standard InChI is InChI=1S/C21H16N4O2S2/c1-2-27-13-7-8-15-18(10-13)29-21(24-15)25-19(26)17-11-28-20(23-17)16-9-12-5-3-4-6-14(12)22-16/h3-11,22H,2H2,1H3,(H,24,25,26). The number of amides is 1. The van der Waals surface area contributed by atoms with Crippen LogP contribution in [0.15, 0.2) is 53.9 Å². The van der Waals surface area contributed by atoms with Crippen molar-refractivity contribution in [2.45, 2.75) is 6.92 Å². The van der Waals surface area contributed by atoms with Crippen LogP contribution in [0.5, 0.6) is 5.75 Å². The molecule has 6 nitrogen and oxygen atoms in total. The first kappa shape index (κ1) is 17.8. The van der Waals surface area contributed by atoms with Gasteiger partial charge in [0, 0.05) is 16.3 Å². The lowest BCUT2D eigenvalue weighted by molar-refractivity contribution is 0.102. The van der Waals surface area contributed by atoms with Gasteiger partial charge in [0.1, 0.15) is 16.5 Å². The second-order valence-electron chi connectivity index (χ2n) is 6.34. The Morgan fingerprint density at radius 1 is 1.17 bits per heavy atom. The molecule has 3 aromatic heterocycles. The monoisotopic (exact) mass is 420 g/mol. The molecule has 0 saturated heterocycles. The normalized spacial score (nSPS) is 11.2. The maximum absolute atomic E-state index is 12.6. The highest BCUT2D eigenvalue weighted by Crippen LogP contribution is 2.30. The Kier molecular flexibility index (Phi) is 4.49. The van der Waals surface area contributed by atoms with Crippen LogP contribution in [0.25, 0.3) is 31.8 Å². The Balaban J connectivity index is 1.36. The van der Waals surface area contributed by atoms with Gasteiger partial charge in [0.15, 0.2) is 5.13 Å². The summed E-state index contributed by atoms with van der Waals surface area (Å²) in [7, 11) is 0. The lowest BCUT2D eigenvalue weighted by Gasteiger charge is -2.00. The minimum absolute atomic E-state index is 0.271. The third-order valence-corrected chi connectivity index (χ3v) is 6.20. The summed E-state index contributed by atoms with van der Waals surface area (Å²) in [6.07, 6.45) is 0. The summed E-state index contributed by atoms with van der Waals surface area (Å²) >= 11 is 2.85. The van der Waals surface area contributed by atoms with Gasteiger partial charge in [0.25, 0.3) is 5.91 Å². The van der Waals surface area contributed by atoms with E-state index in [0.29, 0.717) is 17.4 Å². The van der Waals surface area contributed by atoms with E-state index >= 15 is 0 Å². The maximum Gasteiger partial charge on any atom is 0.276 e. The van der Waals surface area contributed by atoms with Crippen LogP contribution in [0, 0.1) is 0 Å². The minimum Gasteiger partial charge on any atom is -0.494 e. The zero-order chi connectivity index (χ0) is 19.8. The number of carbonyl (C=O) groups is 1. The number of hydrogen-bond donors (Lipinski definition) is 2. The van der Waals surface area contributed by atoms with Crippen LogP contribution in [0.2, 0.25) is 0 Å². The Bertz CT molecular complexity index is 1300. The van der Waals surface area contributed by atoms with E-state index in [9.17, 15) is 4.79 Å². The fourth-order valence-corrected chi connectivity index (χ4v) is 4.73. The van der Waals surface area contributed by atoms with E-state index in [-0.39, 0.29) is 5.91 Å². The van der Waals surface area contributed by atoms with Gasteiger partial charge in [-0.05, 0) is 37.3 Å². The quantitative estimate of drug-likeness (QED) is 0.390. The number of aromatic nitrogens is 3. The zero-order valence-corrected chi connectivity index (χ0v) is 17.1. The molecule has 0 aliphatic carbocycles. The van der Waals surface area contributed by atoms with E-state index in [2.05, 4.69) is 20.3 Å². The van der Waals surface area contributed by atoms with Crippen molar-refractivity contribution in [3.8, 4) is 16.5 Å². The summed E-state index contributed by atoms with van der Waals surface area (Å²) in [5, 5.41) is 7.04. The Morgan fingerprint density at radius 3 is 2.93 bits per heavy atom. The van der Waals surface area contributed by atoms with Gasteiger partial charge >= 0.3 is 0 Å². The van der Waals surface area contributed by atoms with E-state index in [1.54, 1.807) is 5.38 Å². The Morgan fingerprint density at radius 2 is 2.07 bits per heavy atom. The highest BCUT2D eigenvalue weighted by molar-refractivity contribution is 7.22. The molecule has 2 N–H and O–H groups in total. The van der Waals surface area contributed by atoms with E-state index < -0.39 is 0 Å². The minimum atomic E-state index is -0.271. The van der Waals surface area contributed by atoms with Gasteiger partial charge in [-0.15, -0.1) is 11.3 Å². The van der Waals surface area contributed by atoms with Crippen LogP contribution >= 0.6 is 22.7 Å². The molecule has 29 heavy (non-hydrogen) atoms. The van der Waals surface area contributed by atoms with Crippen LogP contribution in [0.4, 0.5) is 5.13 Å². The molecular weight excluding hydrogens is 404 g/mol. The number of hydrogen-bond acceptors (Lipinski definition) is 6. The SMILES string of the molecule is CCOc1ccc2nc(NC(=O)c3csc(-c4cc5ccccc5[nH]4)n3)sc2c1. The van der Waals surface area contributed by atoms with Crippen molar-refractivity contribution in [1.82, 2.24) is 15.0 Å². The first-order valence-corrected chi connectivity index (χ1v) is 10.8. The number of carbonyl (C=O) groups excluding carboxylic acids is 1. The number of ether oxygens (including phenoxy) is 1. The molecule has 0 spiro atoms. The molecule has 0 aliphatic heterocycles. The van der Waals surface area contributed by atoms with Gasteiger partial charge < -0.3 is 9.72 Å². The van der Waals surface area contributed by atoms with Gasteiger partial charge in [-0.3, -0.25) is 10.1 Å². The molecule has 0 aliphatic rings. The number of aromatic amines is 1. The van der Waals surface area contributed by atoms with Crippen LogP contribution in [-0.2, 0) is 0 Å². The Labute approximate surface area is 174 Å². The third-order valence-electron chi connectivity index (χ3n) is 4.39. The number of rotatable bonds is 5. The van der Waals surface area contributed by atoms with Gasteiger partial charge in [-0.1, -0.05) is 29.5 Å². The van der Waals surface area contributed by atoms with Crippen molar-refractivity contribution in [3.05, 3.63) is 59.6 Å². The molecule has 0 saturated carbocycles. The summed E-state index contributed by atoms with van der Waals surface area (Å²) < 4.78 is 6.48. The first-order chi connectivity index (χ1) is 14.2. The third kappa shape index (κ3) is 3.48. The lowest BCUT2D eigenvalue weighted by atomic mass is 10.2. The fraction of sp³-hybridized carbons (Fsp3) is 0.0952. The summed E-state index contributed by atoms with van der Waals surface area (Å²) in [5.74, 6) is 0.525. The molecule has 5 rings (SSSR count). The number of H-pyrrole nitrogens is 1. The second-order valence-corrected chi connectivity index (χ2v) is 8.23. The van der Waals surface area contributed by atoms with Gasteiger partial charge in [-0.2, -0.15) is 0 Å². The number of nitrogens with one attached hydrogen (secondary N) is 2. The van der Waals surface area contributed by atoms with Crippen LogP contribution in [0.1, 0.15) is 17.4 Å². The maximum atomic E-state index is 12.6. The van der Waals surface area contributed by atoms with Gasteiger partial charge in [0.2, 0.25) is 0 Å². The number of fused-ring (bicyclic) bond motifs is 2. The molecule has 2 aromatic carbocycles. The van der Waals surface area contributed by atoms with E-state index in [0.717, 1.165) is 37.6 Å².